The Morgan fingerprint density at radius 3 is 2.09 bits per heavy atom. The van der Waals surface area contributed by atoms with Crippen molar-refractivity contribution in [2.75, 3.05) is 0 Å². The zero-order valence-corrected chi connectivity index (χ0v) is 11.6. The first kappa shape index (κ1) is 15.0. The van der Waals surface area contributed by atoms with E-state index in [1.165, 1.54) is 12.1 Å². The van der Waals surface area contributed by atoms with E-state index >= 15 is 0 Å². The third-order valence-corrected chi connectivity index (χ3v) is 3.18. The van der Waals surface area contributed by atoms with Crippen LogP contribution < -0.4 is 0 Å². The Morgan fingerprint density at radius 1 is 1.00 bits per heavy atom. The van der Waals surface area contributed by atoms with Crippen LogP contribution in [0, 0.1) is 32.8 Å². The summed E-state index contributed by atoms with van der Waals surface area (Å²) in [6, 6.07) is 19.1. The molecule has 0 saturated carbocycles. The highest BCUT2D eigenvalue weighted by molar-refractivity contribution is 5.76. The topological polar surface area (TPSA) is 90.7 Å². The first-order valence-electron chi connectivity index (χ1n) is 6.48. The summed E-state index contributed by atoms with van der Waals surface area (Å²) >= 11 is 0. The van der Waals surface area contributed by atoms with E-state index < -0.39 is 4.92 Å². The summed E-state index contributed by atoms with van der Waals surface area (Å²) < 4.78 is 0. The van der Waals surface area contributed by atoms with Gasteiger partial charge in [0, 0.05) is 18.6 Å². The molecular formula is C17H11N3O2. The van der Waals surface area contributed by atoms with Crippen molar-refractivity contribution in [1.82, 2.24) is 0 Å². The van der Waals surface area contributed by atoms with Crippen molar-refractivity contribution in [3.63, 3.8) is 0 Å². The van der Waals surface area contributed by atoms with E-state index in [0.717, 1.165) is 11.1 Å². The average Bonchev–Trinajstić information content (AvgIpc) is 2.56. The number of rotatable bonds is 4. The van der Waals surface area contributed by atoms with Gasteiger partial charge in [-0.1, -0.05) is 42.5 Å². The predicted octanol–water partition coefficient (Wildman–Crippen LogP) is 3.64. The van der Waals surface area contributed by atoms with E-state index in [4.69, 9.17) is 10.5 Å². The van der Waals surface area contributed by atoms with Crippen LogP contribution in [0.1, 0.15) is 11.1 Å². The minimum absolute atomic E-state index is 0.00906. The van der Waals surface area contributed by atoms with Gasteiger partial charge in [-0.3, -0.25) is 10.1 Å². The standard InChI is InChI=1S/C17H11N3O2/c18-11-15(12-19)17(14-4-2-1-3-5-14)10-13-6-8-16(9-7-13)20(21)22/h1-9H,10H2. The molecule has 2 aromatic carbocycles. The first-order chi connectivity index (χ1) is 10.7. The van der Waals surface area contributed by atoms with E-state index in [1.54, 1.807) is 12.1 Å². The molecule has 0 heterocycles. The van der Waals surface area contributed by atoms with E-state index in [9.17, 15) is 10.1 Å². The van der Waals surface area contributed by atoms with E-state index in [1.807, 2.05) is 42.5 Å². The van der Waals surface area contributed by atoms with Crippen molar-refractivity contribution in [1.29, 1.82) is 10.5 Å². The lowest BCUT2D eigenvalue weighted by atomic mass is 9.94. The minimum atomic E-state index is -0.465. The predicted molar refractivity (Wildman–Crippen MR) is 81.4 cm³/mol. The largest absolute Gasteiger partial charge is 0.269 e. The molecule has 0 bridgehead atoms. The molecule has 0 spiro atoms. The van der Waals surface area contributed by atoms with Gasteiger partial charge in [-0.2, -0.15) is 10.5 Å². The third-order valence-electron chi connectivity index (χ3n) is 3.18. The summed E-state index contributed by atoms with van der Waals surface area (Å²) in [7, 11) is 0. The van der Waals surface area contributed by atoms with E-state index in [0.29, 0.717) is 12.0 Å². The van der Waals surface area contributed by atoms with Gasteiger partial charge in [-0.15, -0.1) is 0 Å². The molecule has 106 valence electrons. The molecule has 22 heavy (non-hydrogen) atoms. The second kappa shape index (κ2) is 6.83. The average molecular weight is 289 g/mol. The maximum atomic E-state index is 10.7. The van der Waals surface area contributed by atoms with Crippen LogP contribution in [-0.4, -0.2) is 4.92 Å². The van der Waals surface area contributed by atoms with Gasteiger partial charge in [0.15, 0.2) is 0 Å². The molecule has 0 aromatic heterocycles. The fourth-order valence-electron chi connectivity index (χ4n) is 2.07. The Hall–Kier alpha value is -3.44. The van der Waals surface area contributed by atoms with E-state index in [-0.39, 0.29) is 11.3 Å². The van der Waals surface area contributed by atoms with Crippen LogP contribution in [-0.2, 0) is 6.42 Å². The molecule has 0 aliphatic carbocycles. The van der Waals surface area contributed by atoms with Crippen molar-refractivity contribution in [3.05, 3.63) is 81.4 Å². The summed E-state index contributed by atoms with van der Waals surface area (Å²) in [5.41, 5.74) is 2.25. The molecule has 0 saturated heterocycles. The number of nitrogens with zero attached hydrogens (tertiary/aromatic N) is 3. The van der Waals surface area contributed by atoms with Crippen LogP contribution in [0.2, 0.25) is 0 Å². The van der Waals surface area contributed by atoms with Crippen molar-refractivity contribution in [3.8, 4) is 12.1 Å². The number of benzene rings is 2. The molecule has 5 nitrogen and oxygen atoms in total. The second-order valence-corrected chi connectivity index (χ2v) is 4.54. The van der Waals surface area contributed by atoms with Crippen LogP contribution in [0.5, 0.6) is 0 Å². The van der Waals surface area contributed by atoms with Gasteiger partial charge in [-0.05, 0) is 16.7 Å². The van der Waals surface area contributed by atoms with Gasteiger partial charge < -0.3 is 0 Å². The summed E-state index contributed by atoms with van der Waals surface area (Å²) in [5, 5.41) is 28.9. The smallest absolute Gasteiger partial charge is 0.258 e. The van der Waals surface area contributed by atoms with Crippen LogP contribution >= 0.6 is 0 Å². The highest BCUT2D eigenvalue weighted by atomic mass is 16.6. The van der Waals surface area contributed by atoms with Crippen LogP contribution in [0.3, 0.4) is 0 Å². The van der Waals surface area contributed by atoms with Gasteiger partial charge >= 0.3 is 0 Å². The summed E-state index contributed by atoms with van der Waals surface area (Å²) in [4.78, 5) is 10.2. The minimum Gasteiger partial charge on any atom is -0.258 e. The number of nitro groups is 1. The molecule has 5 heteroatoms. The lowest BCUT2D eigenvalue weighted by Crippen LogP contribution is -1.95. The molecule has 0 unspecified atom stereocenters. The van der Waals surface area contributed by atoms with Crippen LogP contribution in [0.25, 0.3) is 5.57 Å². The second-order valence-electron chi connectivity index (χ2n) is 4.54. The summed E-state index contributed by atoms with van der Waals surface area (Å²) in [5.74, 6) is 0. The SMILES string of the molecule is N#CC(C#N)=C(Cc1ccc([N+](=O)[O-])cc1)c1ccccc1. The normalized spacial score (nSPS) is 9.36. The zero-order chi connectivity index (χ0) is 15.9. The molecular weight excluding hydrogens is 278 g/mol. The number of nitriles is 2. The molecule has 0 atom stereocenters. The number of hydrogen-bond donors (Lipinski definition) is 0. The molecule has 0 fully saturated rings. The van der Waals surface area contributed by atoms with Crippen LogP contribution in [0.4, 0.5) is 5.69 Å². The molecule has 0 radical (unpaired) electrons. The monoisotopic (exact) mass is 289 g/mol. The highest BCUT2D eigenvalue weighted by Gasteiger charge is 2.11. The van der Waals surface area contributed by atoms with Crippen molar-refractivity contribution in [2.24, 2.45) is 0 Å². The third kappa shape index (κ3) is 3.36. The Balaban J connectivity index is 2.41. The lowest BCUT2D eigenvalue weighted by molar-refractivity contribution is -0.384. The summed E-state index contributed by atoms with van der Waals surface area (Å²) in [6.45, 7) is 0. The Bertz CT molecular complexity index is 779. The maximum absolute atomic E-state index is 10.7. The molecule has 0 aliphatic heterocycles. The summed E-state index contributed by atoms with van der Waals surface area (Å²) in [6.07, 6.45) is 0.360. The molecule has 2 aromatic rings. The Labute approximate surface area is 127 Å². The van der Waals surface area contributed by atoms with Crippen LogP contribution in [0.15, 0.2) is 60.2 Å². The molecule has 0 N–H and O–H groups in total. The molecule has 2 rings (SSSR count). The van der Waals surface area contributed by atoms with Gasteiger partial charge in [0.05, 0.1) is 4.92 Å². The van der Waals surface area contributed by atoms with Crippen molar-refractivity contribution in [2.45, 2.75) is 6.42 Å². The molecule has 0 aliphatic rings. The highest BCUT2D eigenvalue weighted by Crippen LogP contribution is 2.24. The van der Waals surface area contributed by atoms with Crippen molar-refractivity contribution >= 4 is 11.3 Å². The maximum Gasteiger partial charge on any atom is 0.269 e. The van der Waals surface area contributed by atoms with Crippen molar-refractivity contribution < 1.29 is 4.92 Å². The van der Waals surface area contributed by atoms with E-state index in [2.05, 4.69) is 0 Å². The van der Waals surface area contributed by atoms with Gasteiger partial charge in [0.1, 0.15) is 17.7 Å². The van der Waals surface area contributed by atoms with Gasteiger partial charge in [-0.25, -0.2) is 0 Å². The Kier molecular flexibility index (Phi) is 4.64. The fourth-order valence-corrected chi connectivity index (χ4v) is 2.07. The van der Waals surface area contributed by atoms with Gasteiger partial charge in [0.25, 0.3) is 5.69 Å². The van der Waals surface area contributed by atoms with Gasteiger partial charge in [0.2, 0.25) is 0 Å². The quantitative estimate of drug-likeness (QED) is 0.488. The number of hydrogen-bond acceptors (Lipinski definition) is 4. The lowest BCUT2D eigenvalue weighted by Gasteiger charge is -2.08. The zero-order valence-electron chi connectivity index (χ0n) is 11.6. The number of non-ortho nitro benzene ring substituents is 1. The number of nitro benzene ring substituents is 1. The molecule has 0 amide bonds. The fraction of sp³-hybridized carbons (Fsp3) is 0.0588. The Morgan fingerprint density at radius 2 is 1.59 bits per heavy atom. The number of allylic oxidation sites excluding steroid dienone is 2. The first-order valence-corrected chi connectivity index (χ1v) is 6.48.